The van der Waals surface area contributed by atoms with Gasteiger partial charge in [0.05, 0.1) is 11.3 Å². The maximum Gasteiger partial charge on any atom is 0.101 e. The first-order valence-electron chi connectivity index (χ1n) is 6.81. The van der Waals surface area contributed by atoms with E-state index in [1.165, 1.54) is 0 Å². The van der Waals surface area contributed by atoms with Gasteiger partial charge >= 0.3 is 0 Å². The number of piperidine rings is 1. The number of anilines is 1. The van der Waals surface area contributed by atoms with Crippen molar-refractivity contribution in [2.75, 3.05) is 18.0 Å². The number of hydrogen-bond acceptors (Lipinski definition) is 3. The third-order valence-corrected chi connectivity index (χ3v) is 3.72. The lowest BCUT2D eigenvalue weighted by Crippen LogP contribution is -2.45. The second kappa shape index (κ2) is 6.27. The van der Waals surface area contributed by atoms with E-state index in [1.807, 2.05) is 6.07 Å². The maximum absolute atomic E-state index is 9.18. The summed E-state index contributed by atoms with van der Waals surface area (Å²) in [6, 6.07) is 8.83. The van der Waals surface area contributed by atoms with Gasteiger partial charge in [-0.25, -0.2) is 0 Å². The number of benzene rings is 1. The molecule has 1 aromatic carbocycles. The highest BCUT2D eigenvalue weighted by atomic mass is 35.5. The standard InChI is InChI=1S/C15H20ClN3/c1-11(2)18-14-5-7-19(8-6-14)15-9-13(16)4-3-12(15)10-17/h3-4,9,11,14,18H,5-8H2,1-2H3. The van der Waals surface area contributed by atoms with Gasteiger partial charge in [0.2, 0.25) is 0 Å². The van der Waals surface area contributed by atoms with E-state index in [0.29, 0.717) is 22.7 Å². The molecule has 1 saturated heterocycles. The van der Waals surface area contributed by atoms with Gasteiger partial charge in [-0.2, -0.15) is 5.26 Å². The summed E-state index contributed by atoms with van der Waals surface area (Å²) in [6.45, 7) is 6.30. The largest absolute Gasteiger partial charge is 0.370 e. The zero-order chi connectivity index (χ0) is 13.8. The SMILES string of the molecule is CC(C)NC1CCN(c2cc(Cl)ccc2C#N)CC1. The third kappa shape index (κ3) is 3.62. The molecule has 0 aliphatic carbocycles. The quantitative estimate of drug-likeness (QED) is 0.922. The Hall–Kier alpha value is -1.24. The molecule has 4 heteroatoms. The minimum Gasteiger partial charge on any atom is -0.370 e. The Morgan fingerprint density at radius 2 is 2.05 bits per heavy atom. The van der Waals surface area contributed by atoms with Crippen LogP contribution in [0.5, 0.6) is 0 Å². The third-order valence-electron chi connectivity index (χ3n) is 3.48. The number of nitrogens with zero attached hydrogens (tertiary/aromatic N) is 2. The van der Waals surface area contributed by atoms with Crippen molar-refractivity contribution in [3.8, 4) is 6.07 Å². The highest BCUT2D eigenvalue weighted by Gasteiger charge is 2.21. The Bertz CT molecular complexity index is 471. The molecular weight excluding hydrogens is 258 g/mol. The first-order chi connectivity index (χ1) is 9.10. The van der Waals surface area contributed by atoms with Crippen LogP contribution in [0, 0.1) is 11.3 Å². The summed E-state index contributed by atoms with van der Waals surface area (Å²) in [5.74, 6) is 0. The van der Waals surface area contributed by atoms with Crippen molar-refractivity contribution in [1.29, 1.82) is 5.26 Å². The fourth-order valence-corrected chi connectivity index (χ4v) is 2.79. The summed E-state index contributed by atoms with van der Waals surface area (Å²) in [4.78, 5) is 2.27. The van der Waals surface area contributed by atoms with Crippen LogP contribution in [0.15, 0.2) is 18.2 Å². The van der Waals surface area contributed by atoms with E-state index in [9.17, 15) is 5.26 Å². The van der Waals surface area contributed by atoms with Crippen molar-refractivity contribution in [2.24, 2.45) is 0 Å². The topological polar surface area (TPSA) is 39.1 Å². The van der Waals surface area contributed by atoms with E-state index in [0.717, 1.165) is 31.6 Å². The molecule has 19 heavy (non-hydrogen) atoms. The molecule has 1 heterocycles. The summed E-state index contributed by atoms with van der Waals surface area (Å²) in [7, 11) is 0. The molecule has 1 aliphatic rings. The van der Waals surface area contributed by atoms with Gasteiger partial charge < -0.3 is 10.2 Å². The van der Waals surface area contributed by atoms with Gasteiger partial charge in [-0.1, -0.05) is 25.4 Å². The Morgan fingerprint density at radius 1 is 1.37 bits per heavy atom. The van der Waals surface area contributed by atoms with Gasteiger partial charge in [0, 0.05) is 30.2 Å². The molecule has 102 valence electrons. The summed E-state index contributed by atoms with van der Waals surface area (Å²) in [5.41, 5.74) is 1.68. The van der Waals surface area contributed by atoms with E-state index in [2.05, 4.69) is 30.1 Å². The monoisotopic (exact) mass is 277 g/mol. The van der Waals surface area contributed by atoms with Crippen molar-refractivity contribution >= 4 is 17.3 Å². The van der Waals surface area contributed by atoms with E-state index >= 15 is 0 Å². The zero-order valence-corrected chi connectivity index (χ0v) is 12.2. The molecule has 1 N–H and O–H groups in total. The van der Waals surface area contributed by atoms with Crippen molar-refractivity contribution in [2.45, 2.75) is 38.8 Å². The normalized spacial score (nSPS) is 16.7. The molecule has 0 amide bonds. The number of nitrogens with one attached hydrogen (secondary N) is 1. The summed E-state index contributed by atoms with van der Waals surface area (Å²) < 4.78 is 0. The lowest BCUT2D eigenvalue weighted by atomic mass is 10.0. The number of hydrogen-bond donors (Lipinski definition) is 1. The van der Waals surface area contributed by atoms with Gasteiger partial charge in [-0.05, 0) is 31.0 Å². The number of halogens is 1. The van der Waals surface area contributed by atoms with Crippen LogP contribution in [0.25, 0.3) is 0 Å². The van der Waals surface area contributed by atoms with Crippen LogP contribution in [-0.2, 0) is 0 Å². The highest BCUT2D eigenvalue weighted by Crippen LogP contribution is 2.27. The lowest BCUT2D eigenvalue weighted by Gasteiger charge is -2.35. The van der Waals surface area contributed by atoms with E-state index in [-0.39, 0.29) is 0 Å². The summed E-state index contributed by atoms with van der Waals surface area (Å²) in [5, 5.41) is 13.4. The average molecular weight is 278 g/mol. The average Bonchev–Trinajstić information content (AvgIpc) is 2.39. The molecule has 0 radical (unpaired) electrons. The van der Waals surface area contributed by atoms with E-state index in [1.54, 1.807) is 12.1 Å². The molecule has 3 nitrogen and oxygen atoms in total. The Morgan fingerprint density at radius 3 is 2.63 bits per heavy atom. The van der Waals surface area contributed by atoms with E-state index < -0.39 is 0 Å². The number of rotatable bonds is 3. The van der Waals surface area contributed by atoms with Crippen LogP contribution in [-0.4, -0.2) is 25.2 Å². The smallest absolute Gasteiger partial charge is 0.101 e. The van der Waals surface area contributed by atoms with Gasteiger partial charge in [0.25, 0.3) is 0 Å². The molecule has 0 spiro atoms. The molecule has 0 bridgehead atoms. The molecule has 1 aliphatic heterocycles. The molecule has 0 unspecified atom stereocenters. The van der Waals surface area contributed by atoms with Crippen LogP contribution in [0.2, 0.25) is 5.02 Å². The summed E-state index contributed by atoms with van der Waals surface area (Å²) >= 11 is 6.04. The summed E-state index contributed by atoms with van der Waals surface area (Å²) in [6.07, 6.45) is 2.21. The number of nitriles is 1. The van der Waals surface area contributed by atoms with Gasteiger partial charge in [0.15, 0.2) is 0 Å². The molecule has 1 aromatic rings. The van der Waals surface area contributed by atoms with Crippen LogP contribution in [0.4, 0.5) is 5.69 Å². The van der Waals surface area contributed by atoms with Crippen LogP contribution < -0.4 is 10.2 Å². The predicted molar refractivity (Wildman–Crippen MR) is 79.7 cm³/mol. The molecule has 2 rings (SSSR count). The molecule has 0 saturated carbocycles. The maximum atomic E-state index is 9.18. The van der Waals surface area contributed by atoms with Crippen molar-refractivity contribution in [3.05, 3.63) is 28.8 Å². The Kier molecular flexibility index (Phi) is 4.68. The predicted octanol–water partition coefficient (Wildman–Crippen LogP) is 3.18. The molecular formula is C15H20ClN3. The Labute approximate surface area is 120 Å². The minimum atomic E-state index is 0.525. The molecule has 1 fully saturated rings. The van der Waals surface area contributed by atoms with Crippen molar-refractivity contribution in [1.82, 2.24) is 5.32 Å². The van der Waals surface area contributed by atoms with Gasteiger partial charge in [-0.15, -0.1) is 0 Å². The molecule has 0 atom stereocenters. The van der Waals surface area contributed by atoms with Crippen LogP contribution in [0.3, 0.4) is 0 Å². The van der Waals surface area contributed by atoms with E-state index in [4.69, 9.17) is 11.6 Å². The highest BCUT2D eigenvalue weighted by molar-refractivity contribution is 6.30. The second-order valence-electron chi connectivity index (χ2n) is 5.36. The first-order valence-corrected chi connectivity index (χ1v) is 7.18. The zero-order valence-electron chi connectivity index (χ0n) is 11.5. The van der Waals surface area contributed by atoms with Gasteiger partial charge in [0.1, 0.15) is 6.07 Å². The first kappa shape index (κ1) is 14.2. The fourth-order valence-electron chi connectivity index (χ4n) is 2.62. The second-order valence-corrected chi connectivity index (χ2v) is 5.79. The Balaban J connectivity index is 2.05. The van der Waals surface area contributed by atoms with Crippen molar-refractivity contribution < 1.29 is 0 Å². The lowest BCUT2D eigenvalue weighted by molar-refractivity contribution is 0.387. The fraction of sp³-hybridized carbons (Fsp3) is 0.533. The van der Waals surface area contributed by atoms with Gasteiger partial charge in [-0.3, -0.25) is 0 Å². The van der Waals surface area contributed by atoms with Crippen LogP contribution in [0.1, 0.15) is 32.3 Å². The van der Waals surface area contributed by atoms with Crippen LogP contribution >= 0.6 is 11.6 Å². The minimum absolute atomic E-state index is 0.525. The molecule has 0 aromatic heterocycles. The van der Waals surface area contributed by atoms with Crippen molar-refractivity contribution in [3.63, 3.8) is 0 Å².